The molecule has 116 valence electrons. The van der Waals surface area contributed by atoms with E-state index in [0.29, 0.717) is 16.9 Å². The number of nitrogens with one attached hydrogen (secondary N) is 3. The van der Waals surface area contributed by atoms with Crippen molar-refractivity contribution in [2.45, 2.75) is 0 Å². The van der Waals surface area contributed by atoms with Gasteiger partial charge < -0.3 is 9.72 Å². The average molecular weight is 310 g/mol. The number of rotatable bonds is 3. The number of carbonyl (C=O) groups is 2. The van der Waals surface area contributed by atoms with E-state index in [2.05, 4.69) is 20.8 Å². The number of aromatic amines is 1. The second kappa shape index (κ2) is 6.18. The monoisotopic (exact) mass is 310 g/mol. The Morgan fingerprint density at radius 2 is 1.65 bits per heavy atom. The molecule has 0 aliphatic carbocycles. The molecule has 0 saturated heterocycles. The summed E-state index contributed by atoms with van der Waals surface area (Å²) in [6.45, 7) is 0. The van der Waals surface area contributed by atoms with E-state index in [1.165, 1.54) is 0 Å². The van der Waals surface area contributed by atoms with Crippen LogP contribution in [0.15, 0.2) is 48.8 Å². The maximum absolute atomic E-state index is 12.1. The Kier molecular flexibility index (Phi) is 3.92. The van der Waals surface area contributed by atoms with Crippen molar-refractivity contribution in [1.82, 2.24) is 20.8 Å². The summed E-state index contributed by atoms with van der Waals surface area (Å²) >= 11 is 0. The highest BCUT2D eigenvalue weighted by Crippen LogP contribution is 2.12. The number of carbonyl (C=O) groups excluding carboxylic acids is 2. The van der Waals surface area contributed by atoms with Crippen LogP contribution in [0.2, 0.25) is 0 Å². The lowest BCUT2D eigenvalue weighted by Gasteiger charge is -2.08. The minimum absolute atomic E-state index is 0.412. The van der Waals surface area contributed by atoms with Crippen molar-refractivity contribution in [2.75, 3.05) is 7.11 Å². The summed E-state index contributed by atoms with van der Waals surface area (Å²) in [5.74, 6) is -0.176. The fourth-order valence-electron chi connectivity index (χ4n) is 2.08. The summed E-state index contributed by atoms with van der Waals surface area (Å²) in [7, 11) is 1.55. The highest BCUT2D eigenvalue weighted by molar-refractivity contribution is 6.00. The maximum Gasteiger partial charge on any atom is 0.269 e. The highest BCUT2D eigenvalue weighted by Gasteiger charge is 2.10. The van der Waals surface area contributed by atoms with E-state index in [1.807, 2.05) is 0 Å². The molecule has 0 aliphatic heterocycles. The third-order valence-corrected chi connectivity index (χ3v) is 3.32. The SMILES string of the molecule is COc1ccc(C(=O)NNC(=O)c2ccc3nc[nH]c3c2)cc1. The summed E-state index contributed by atoms with van der Waals surface area (Å²) in [6.07, 6.45) is 1.55. The van der Waals surface area contributed by atoms with E-state index < -0.39 is 11.8 Å². The Bertz CT molecular complexity index is 855. The molecule has 23 heavy (non-hydrogen) atoms. The first-order valence-corrected chi connectivity index (χ1v) is 6.85. The zero-order valence-corrected chi connectivity index (χ0v) is 12.3. The number of H-pyrrole nitrogens is 1. The highest BCUT2D eigenvalue weighted by atomic mass is 16.5. The standard InChI is InChI=1S/C16H14N4O3/c1-23-12-5-2-10(3-6-12)15(21)19-20-16(22)11-4-7-13-14(8-11)18-9-17-13/h2-9H,1H3,(H,17,18)(H,19,21)(H,20,22). The molecule has 3 N–H and O–H groups in total. The molecule has 2 amide bonds. The van der Waals surface area contributed by atoms with E-state index in [-0.39, 0.29) is 0 Å². The Hall–Kier alpha value is -3.35. The summed E-state index contributed by atoms with van der Waals surface area (Å²) in [4.78, 5) is 31.0. The van der Waals surface area contributed by atoms with Crippen LogP contribution in [-0.4, -0.2) is 28.9 Å². The fraction of sp³-hybridized carbons (Fsp3) is 0.0625. The van der Waals surface area contributed by atoms with Gasteiger partial charge in [0.05, 0.1) is 24.5 Å². The molecule has 3 aromatic rings. The Labute approximate surface area is 131 Å². The number of hydrogen-bond donors (Lipinski definition) is 3. The van der Waals surface area contributed by atoms with Gasteiger partial charge in [-0.3, -0.25) is 20.4 Å². The van der Waals surface area contributed by atoms with Gasteiger partial charge in [0, 0.05) is 11.1 Å². The number of aromatic nitrogens is 2. The number of benzene rings is 2. The Morgan fingerprint density at radius 3 is 2.35 bits per heavy atom. The first-order valence-electron chi connectivity index (χ1n) is 6.85. The van der Waals surface area contributed by atoms with Gasteiger partial charge in [-0.1, -0.05) is 0 Å². The third-order valence-electron chi connectivity index (χ3n) is 3.32. The molecule has 1 heterocycles. The number of ether oxygens (including phenoxy) is 1. The largest absolute Gasteiger partial charge is 0.497 e. The van der Waals surface area contributed by atoms with Crippen LogP contribution < -0.4 is 15.6 Å². The lowest BCUT2D eigenvalue weighted by atomic mass is 10.2. The van der Waals surface area contributed by atoms with Crippen molar-refractivity contribution >= 4 is 22.8 Å². The number of imidazole rings is 1. The van der Waals surface area contributed by atoms with E-state index in [1.54, 1.807) is 55.9 Å². The van der Waals surface area contributed by atoms with Crippen LogP contribution in [-0.2, 0) is 0 Å². The van der Waals surface area contributed by atoms with Crippen LogP contribution in [0.5, 0.6) is 5.75 Å². The van der Waals surface area contributed by atoms with Gasteiger partial charge in [-0.25, -0.2) is 4.98 Å². The lowest BCUT2D eigenvalue weighted by Crippen LogP contribution is -2.41. The van der Waals surface area contributed by atoms with Crippen molar-refractivity contribution in [3.05, 3.63) is 59.9 Å². The molecule has 1 aromatic heterocycles. The van der Waals surface area contributed by atoms with E-state index in [4.69, 9.17) is 4.74 Å². The molecule has 0 saturated carbocycles. The van der Waals surface area contributed by atoms with Crippen molar-refractivity contribution in [3.63, 3.8) is 0 Å². The predicted octanol–water partition coefficient (Wildman–Crippen LogP) is 1.65. The lowest BCUT2D eigenvalue weighted by molar-refractivity contribution is 0.0846. The van der Waals surface area contributed by atoms with Crippen molar-refractivity contribution in [3.8, 4) is 5.75 Å². The Morgan fingerprint density at radius 1 is 1.00 bits per heavy atom. The van der Waals surface area contributed by atoms with E-state index in [9.17, 15) is 9.59 Å². The van der Waals surface area contributed by atoms with Crippen molar-refractivity contribution in [2.24, 2.45) is 0 Å². The minimum Gasteiger partial charge on any atom is -0.497 e. The zero-order valence-electron chi connectivity index (χ0n) is 12.3. The average Bonchev–Trinajstić information content (AvgIpc) is 3.07. The van der Waals surface area contributed by atoms with E-state index >= 15 is 0 Å². The summed E-state index contributed by atoms with van der Waals surface area (Å²) < 4.78 is 5.02. The molecule has 7 nitrogen and oxygen atoms in total. The molecule has 3 rings (SSSR count). The fourth-order valence-corrected chi connectivity index (χ4v) is 2.08. The smallest absolute Gasteiger partial charge is 0.269 e. The normalized spacial score (nSPS) is 10.3. The van der Waals surface area contributed by atoms with E-state index in [0.717, 1.165) is 11.0 Å². The number of fused-ring (bicyclic) bond motifs is 1. The third kappa shape index (κ3) is 3.13. The molecular formula is C16H14N4O3. The van der Waals surface area contributed by atoms with Gasteiger partial charge in [0.15, 0.2) is 0 Å². The zero-order chi connectivity index (χ0) is 16.2. The summed E-state index contributed by atoms with van der Waals surface area (Å²) in [6, 6.07) is 11.6. The van der Waals surface area contributed by atoms with Crippen LogP contribution >= 0.6 is 0 Å². The second-order valence-corrected chi connectivity index (χ2v) is 4.77. The molecule has 0 atom stereocenters. The molecule has 0 spiro atoms. The van der Waals surface area contributed by atoms with Gasteiger partial charge in [0.2, 0.25) is 0 Å². The van der Waals surface area contributed by atoms with Gasteiger partial charge in [0.1, 0.15) is 5.75 Å². The van der Waals surface area contributed by atoms with Crippen molar-refractivity contribution in [1.29, 1.82) is 0 Å². The number of hydrazine groups is 1. The molecule has 0 aliphatic rings. The van der Waals surface area contributed by atoms with Crippen LogP contribution in [0.4, 0.5) is 0 Å². The van der Waals surface area contributed by atoms with Crippen LogP contribution in [0, 0.1) is 0 Å². The van der Waals surface area contributed by atoms with Crippen LogP contribution in [0.1, 0.15) is 20.7 Å². The molecule has 0 fully saturated rings. The van der Waals surface area contributed by atoms with Gasteiger partial charge in [-0.05, 0) is 42.5 Å². The molecular weight excluding hydrogens is 296 g/mol. The molecule has 7 heteroatoms. The second-order valence-electron chi connectivity index (χ2n) is 4.77. The van der Waals surface area contributed by atoms with Crippen LogP contribution in [0.25, 0.3) is 11.0 Å². The van der Waals surface area contributed by atoms with Crippen molar-refractivity contribution < 1.29 is 14.3 Å². The number of hydrogen-bond acceptors (Lipinski definition) is 4. The number of amides is 2. The quantitative estimate of drug-likeness (QED) is 0.641. The number of nitrogens with zero attached hydrogens (tertiary/aromatic N) is 1. The number of methoxy groups -OCH3 is 1. The molecule has 0 bridgehead atoms. The topological polar surface area (TPSA) is 96.1 Å². The maximum atomic E-state index is 12.1. The predicted molar refractivity (Wildman–Crippen MR) is 84.0 cm³/mol. The van der Waals surface area contributed by atoms with Gasteiger partial charge in [0.25, 0.3) is 11.8 Å². The first kappa shape index (κ1) is 14.6. The van der Waals surface area contributed by atoms with Gasteiger partial charge >= 0.3 is 0 Å². The van der Waals surface area contributed by atoms with Crippen LogP contribution in [0.3, 0.4) is 0 Å². The Balaban J connectivity index is 1.64. The molecule has 2 aromatic carbocycles. The summed E-state index contributed by atoms with van der Waals surface area (Å²) in [5.41, 5.74) is 7.09. The van der Waals surface area contributed by atoms with Gasteiger partial charge in [-0.15, -0.1) is 0 Å². The van der Waals surface area contributed by atoms with Gasteiger partial charge in [-0.2, -0.15) is 0 Å². The molecule has 0 unspecified atom stereocenters. The first-order chi connectivity index (χ1) is 11.2. The molecule has 0 radical (unpaired) electrons. The summed E-state index contributed by atoms with van der Waals surface area (Å²) in [5, 5.41) is 0. The minimum atomic E-state index is -0.414.